The molecule has 0 saturated carbocycles. The maximum Gasteiger partial charge on any atom is 0.188 e. The maximum absolute atomic E-state index is 5.54. The number of hydrogen-bond acceptors (Lipinski definition) is 5. The summed E-state index contributed by atoms with van der Waals surface area (Å²) in [5.41, 5.74) is 5.54. The predicted octanol–water partition coefficient (Wildman–Crippen LogP) is -0.763. The maximum atomic E-state index is 5.54. The third-order valence-corrected chi connectivity index (χ3v) is 1.99. The predicted molar refractivity (Wildman–Crippen MR) is 53.4 cm³/mol. The van der Waals surface area contributed by atoms with Crippen molar-refractivity contribution in [3.8, 4) is 0 Å². The highest BCUT2D eigenvalue weighted by Crippen LogP contribution is 1.99. The van der Waals surface area contributed by atoms with Gasteiger partial charge in [-0.1, -0.05) is 6.92 Å². The molecule has 1 rings (SSSR count). The number of tetrazole rings is 1. The molecule has 1 heterocycles. The van der Waals surface area contributed by atoms with Gasteiger partial charge in [0.05, 0.1) is 13.6 Å². The number of nitrogens with zero attached hydrogens (tertiary/aromatic N) is 5. The Morgan fingerprint density at radius 3 is 2.79 bits per heavy atom. The number of aryl methyl sites for hydroxylation is 1. The van der Waals surface area contributed by atoms with Gasteiger partial charge in [0.15, 0.2) is 5.82 Å². The molecule has 14 heavy (non-hydrogen) atoms. The van der Waals surface area contributed by atoms with Crippen LogP contribution in [0.5, 0.6) is 0 Å². The lowest BCUT2D eigenvalue weighted by Gasteiger charge is -2.18. The molecule has 0 aromatic carbocycles. The Bertz CT molecular complexity index is 271. The molecule has 0 saturated heterocycles. The van der Waals surface area contributed by atoms with E-state index in [0.717, 1.165) is 18.9 Å². The van der Waals surface area contributed by atoms with Crippen molar-refractivity contribution in [1.29, 1.82) is 0 Å². The SMILES string of the molecule is CC(CN)CN(C)Cc1nnn(C)n1. The van der Waals surface area contributed by atoms with E-state index in [0.29, 0.717) is 12.5 Å². The van der Waals surface area contributed by atoms with Crippen molar-refractivity contribution in [3.05, 3.63) is 5.82 Å². The minimum atomic E-state index is 0.497. The Morgan fingerprint density at radius 2 is 2.29 bits per heavy atom. The fourth-order valence-corrected chi connectivity index (χ4v) is 1.30. The zero-order chi connectivity index (χ0) is 10.6. The summed E-state index contributed by atoms with van der Waals surface area (Å²) < 4.78 is 0. The summed E-state index contributed by atoms with van der Waals surface area (Å²) in [6, 6.07) is 0. The lowest BCUT2D eigenvalue weighted by Crippen LogP contribution is -2.28. The topological polar surface area (TPSA) is 72.9 Å². The van der Waals surface area contributed by atoms with E-state index < -0.39 is 0 Å². The zero-order valence-corrected chi connectivity index (χ0v) is 9.01. The van der Waals surface area contributed by atoms with Crippen LogP contribution in [0.15, 0.2) is 0 Å². The van der Waals surface area contributed by atoms with Gasteiger partial charge in [0.1, 0.15) is 0 Å². The third kappa shape index (κ3) is 3.39. The van der Waals surface area contributed by atoms with Gasteiger partial charge in [0.2, 0.25) is 0 Å². The van der Waals surface area contributed by atoms with Crippen LogP contribution < -0.4 is 5.73 Å². The van der Waals surface area contributed by atoms with Crippen LogP contribution >= 0.6 is 0 Å². The van der Waals surface area contributed by atoms with E-state index >= 15 is 0 Å². The van der Waals surface area contributed by atoms with Crippen molar-refractivity contribution < 1.29 is 0 Å². The molecule has 0 fully saturated rings. The zero-order valence-electron chi connectivity index (χ0n) is 9.01. The van der Waals surface area contributed by atoms with Crippen molar-refractivity contribution >= 4 is 0 Å². The Morgan fingerprint density at radius 1 is 1.57 bits per heavy atom. The average molecular weight is 198 g/mol. The molecule has 6 heteroatoms. The quantitative estimate of drug-likeness (QED) is 0.673. The van der Waals surface area contributed by atoms with Crippen molar-refractivity contribution in [2.75, 3.05) is 20.1 Å². The van der Waals surface area contributed by atoms with Crippen LogP contribution in [0, 0.1) is 5.92 Å². The summed E-state index contributed by atoms with van der Waals surface area (Å²) in [6.07, 6.45) is 0. The lowest BCUT2D eigenvalue weighted by atomic mass is 10.2. The first-order valence-electron chi connectivity index (χ1n) is 4.73. The summed E-state index contributed by atoms with van der Waals surface area (Å²) in [7, 11) is 3.79. The molecular formula is C8H18N6. The number of rotatable bonds is 5. The summed E-state index contributed by atoms with van der Waals surface area (Å²) in [6.45, 7) is 4.51. The molecule has 0 aliphatic rings. The van der Waals surface area contributed by atoms with Gasteiger partial charge in [-0.25, -0.2) is 0 Å². The van der Waals surface area contributed by atoms with E-state index in [1.165, 1.54) is 4.80 Å². The van der Waals surface area contributed by atoms with Crippen LogP contribution in [0.2, 0.25) is 0 Å². The average Bonchev–Trinajstić information content (AvgIpc) is 2.50. The molecule has 6 nitrogen and oxygen atoms in total. The van der Waals surface area contributed by atoms with Gasteiger partial charge in [0, 0.05) is 6.54 Å². The van der Waals surface area contributed by atoms with Crippen LogP contribution in [0.4, 0.5) is 0 Å². The highest BCUT2D eigenvalue weighted by molar-refractivity contribution is 4.76. The molecule has 0 radical (unpaired) electrons. The van der Waals surface area contributed by atoms with Crippen LogP contribution in [-0.2, 0) is 13.6 Å². The molecule has 2 N–H and O–H groups in total. The minimum absolute atomic E-state index is 0.497. The second-order valence-corrected chi connectivity index (χ2v) is 3.73. The Labute approximate surface area is 84.1 Å². The van der Waals surface area contributed by atoms with Gasteiger partial charge in [-0.2, -0.15) is 4.80 Å². The van der Waals surface area contributed by atoms with Gasteiger partial charge >= 0.3 is 0 Å². The molecule has 1 aromatic heterocycles. The van der Waals surface area contributed by atoms with E-state index in [-0.39, 0.29) is 0 Å². The Hall–Kier alpha value is -1.01. The van der Waals surface area contributed by atoms with Gasteiger partial charge in [-0.05, 0) is 24.7 Å². The van der Waals surface area contributed by atoms with E-state index in [2.05, 4.69) is 27.2 Å². The minimum Gasteiger partial charge on any atom is -0.330 e. The van der Waals surface area contributed by atoms with E-state index in [4.69, 9.17) is 5.73 Å². The third-order valence-electron chi connectivity index (χ3n) is 1.99. The normalized spacial score (nSPS) is 13.5. The van der Waals surface area contributed by atoms with Crippen LogP contribution in [-0.4, -0.2) is 45.2 Å². The number of hydrogen-bond donors (Lipinski definition) is 1. The molecule has 0 bridgehead atoms. The lowest BCUT2D eigenvalue weighted by molar-refractivity contribution is 0.275. The smallest absolute Gasteiger partial charge is 0.188 e. The Kier molecular flexibility index (Phi) is 3.97. The monoisotopic (exact) mass is 198 g/mol. The van der Waals surface area contributed by atoms with Crippen molar-refractivity contribution in [3.63, 3.8) is 0 Å². The van der Waals surface area contributed by atoms with Crippen molar-refractivity contribution in [2.45, 2.75) is 13.5 Å². The highest BCUT2D eigenvalue weighted by Gasteiger charge is 2.08. The van der Waals surface area contributed by atoms with E-state index in [1.54, 1.807) is 7.05 Å². The molecule has 1 unspecified atom stereocenters. The fraction of sp³-hybridized carbons (Fsp3) is 0.875. The molecule has 0 amide bonds. The van der Waals surface area contributed by atoms with Gasteiger partial charge in [-0.15, -0.1) is 10.2 Å². The molecule has 0 aliphatic carbocycles. The first kappa shape index (κ1) is 11.1. The molecule has 80 valence electrons. The molecule has 0 aliphatic heterocycles. The fourth-order valence-electron chi connectivity index (χ4n) is 1.30. The van der Waals surface area contributed by atoms with E-state index in [1.807, 2.05) is 7.05 Å². The summed E-state index contributed by atoms with van der Waals surface area (Å²) >= 11 is 0. The standard InChI is InChI=1S/C8H18N6/c1-7(4-9)5-13(2)6-8-10-12-14(3)11-8/h7H,4-6,9H2,1-3H3. The van der Waals surface area contributed by atoms with Crippen LogP contribution in [0.3, 0.4) is 0 Å². The van der Waals surface area contributed by atoms with Gasteiger partial charge in [0.25, 0.3) is 0 Å². The largest absolute Gasteiger partial charge is 0.330 e. The second kappa shape index (κ2) is 5.02. The Balaban J connectivity index is 2.37. The van der Waals surface area contributed by atoms with Crippen molar-refractivity contribution in [1.82, 2.24) is 25.1 Å². The summed E-state index contributed by atoms with van der Waals surface area (Å²) in [5, 5.41) is 11.8. The first-order chi connectivity index (χ1) is 6.61. The number of aromatic nitrogens is 4. The second-order valence-electron chi connectivity index (χ2n) is 3.73. The molecule has 0 spiro atoms. The van der Waals surface area contributed by atoms with E-state index in [9.17, 15) is 0 Å². The van der Waals surface area contributed by atoms with Gasteiger partial charge in [-0.3, -0.25) is 4.90 Å². The first-order valence-corrected chi connectivity index (χ1v) is 4.73. The summed E-state index contributed by atoms with van der Waals surface area (Å²) in [5.74, 6) is 1.25. The highest BCUT2D eigenvalue weighted by atomic mass is 15.6. The van der Waals surface area contributed by atoms with Crippen LogP contribution in [0.1, 0.15) is 12.7 Å². The molecular weight excluding hydrogens is 180 g/mol. The summed E-state index contributed by atoms with van der Waals surface area (Å²) in [4.78, 5) is 3.62. The van der Waals surface area contributed by atoms with Crippen LogP contribution in [0.25, 0.3) is 0 Å². The molecule has 1 aromatic rings. The number of nitrogens with two attached hydrogens (primary N) is 1. The van der Waals surface area contributed by atoms with Gasteiger partial charge < -0.3 is 5.73 Å². The molecule has 1 atom stereocenters. The van der Waals surface area contributed by atoms with Crippen molar-refractivity contribution in [2.24, 2.45) is 18.7 Å².